The van der Waals surface area contributed by atoms with Gasteiger partial charge in [0.15, 0.2) is 0 Å². The van der Waals surface area contributed by atoms with Gasteiger partial charge in [-0.2, -0.15) is 0 Å². The van der Waals surface area contributed by atoms with Crippen LogP contribution in [0.5, 0.6) is 0 Å². The lowest BCUT2D eigenvalue weighted by molar-refractivity contribution is 0.0284. The van der Waals surface area contributed by atoms with Crippen molar-refractivity contribution in [3.63, 3.8) is 0 Å². The Labute approximate surface area is 106 Å². The molecule has 1 unspecified atom stereocenters. The molecule has 3 aliphatic rings. The SMILES string of the molecule is CC1(C)CN(C2CCCCC2)C(C2CC2)CN1. The normalized spacial score (nSPS) is 36.0. The van der Waals surface area contributed by atoms with Crippen LogP contribution in [-0.2, 0) is 0 Å². The molecule has 1 aliphatic heterocycles. The first-order valence-corrected chi connectivity index (χ1v) is 7.66. The highest BCUT2D eigenvalue weighted by atomic mass is 15.3. The molecular weight excluding hydrogens is 208 g/mol. The lowest BCUT2D eigenvalue weighted by Crippen LogP contribution is -2.64. The first kappa shape index (κ1) is 12.0. The van der Waals surface area contributed by atoms with E-state index in [-0.39, 0.29) is 0 Å². The van der Waals surface area contributed by atoms with Gasteiger partial charge in [0.25, 0.3) is 0 Å². The molecule has 0 aromatic heterocycles. The van der Waals surface area contributed by atoms with Gasteiger partial charge in [0.1, 0.15) is 0 Å². The van der Waals surface area contributed by atoms with E-state index in [1.807, 2.05) is 0 Å². The van der Waals surface area contributed by atoms with E-state index < -0.39 is 0 Å². The van der Waals surface area contributed by atoms with E-state index in [0.29, 0.717) is 5.54 Å². The monoisotopic (exact) mass is 236 g/mol. The highest BCUT2D eigenvalue weighted by Gasteiger charge is 2.43. The number of hydrogen-bond acceptors (Lipinski definition) is 2. The number of rotatable bonds is 2. The largest absolute Gasteiger partial charge is 0.309 e. The van der Waals surface area contributed by atoms with Crippen molar-refractivity contribution in [1.29, 1.82) is 0 Å². The average Bonchev–Trinajstić information content (AvgIpc) is 3.13. The van der Waals surface area contributed by atoms with Crippen LogP contribution in [0.25, 0.3) is 0 Å². The van der Waals surface area contributed by atoms with E-state index in [0.717, 1.165) is 18.0 Å². The van der Waals surface area contributed by atoms with Crippen molar-refractivity contribution in [2.75, 3.05) is 13.1 Å². The zero-order valence-corrected chi connectivity index (χ0v) is 11.5. The smallest absolute Gasteiger partial charge is 0.0253 e. The summed E-state index contributed by atoms with van der Waals surface area (Å²) in [6.07, 6.45) is 10.3. The minimum atomic E-state index is 0.322. The maximum absolute atomic E-state index is 3.76. The zero-order valence-electron chi connectivity index (χ0n) is 11.5. The van der Waals surface area contributed by atoms with E-state index in [1.54, 1.807) is 0 Å². The Balaban J connectivity index is 1.71. The van der Waals surface area contributed by atoms with E-state index >= 15 is 0 Å². The van der Waals surface area contributed by atoms with Crippen LogP contribution < -0.4 is 5.32 Å². The second-order valence-corrected chi connectivity index (χ2v) is 7.13. The Morgan fingerprint density at radius 1 is 1.00 bits per heavy atom. The van der Waals surface area contributed by atoms with Gasteiger partial charge in [0.05, 0.1) is 0 Å². The molecule has 3 fully saturated rings. The summed E-state index contributed by atoms with van der Waals surface area (Å²) >= 11 is 0. The quantitative estimate of drug-likeness (QED) is 0.793. The number of piperazine rings is 1. The van der Waals surface area contributed by atoms with Gasteiger partial charge in [-0.05, 0) is 45.4 Å². The van der Waals surface area contributed by atoms with Crippen molar-refractivity contribution in [3.05, 3.63) is 0 Å². The summed E-state index contributed by atoms with van der Waals surface area (Å²) in [6, 6.07) is 1.75. The van der Waals surface area contributed by atoms with Crippen LogP contribution in [0.1, 0.15) is 58.8 Å². The summed E-state index contributed by atoms with van der Waals surface area (Å²) in [5.74, 6) is 1.01. The van der Waals surface area contributed by atoms with Gasteiger partial charge in [0, 0.05) is 30.7 Å². The molecule has 2 nitrogen and oxygen atoms in total. The summed E-state index contributed by atoms with van der Waals surface area (Å²) in [7, 11) is 0. The Bertz CT molecular complexity index is 264. The molecule has 0 radical (unpaired) electrons. The molecule has 0 spiro atoms. The van der Waals surface area contributed by atoms with Crippen molar-refractivity contribution in [2.24, 2.45) is 5.92 Å². The van der Waals surface area contributed by atoms with Crippen LogP contribution >= 0.6 is 0 Å². The van der Waals surface area contributed by atoms with E-state index in [4.69, 9.17) is 0 Å². The molecule has 98 valence electrons. The molecule has 3 rings (SSSR count). The average molecular weight is 236 g/mol. The molecule has 0 aromatic carbocycles. The second-order valence-electron chi connectivity index (χ2n) is 7.13. The Morgan fingerprint density at radius 3 is 2.35 bits per heavy atom. The molecule has 0 amide bonds. The molecular formula is C15H28N2. The van der Waals surface area contributed by atoms with Crippen molar-refractivity contribution < 1.29 is 0 Å². The van der Waals surface area contributed by atoms with Crippen LogP contribution in [0.2, 0.25) is 0 Å². The molecule has 1 atom stereocenters. The molecule has 1 saturated heterocycles. The van der Waals surface area contributed by atoms with E-state index in [9.17, 15) is 0 Å². The van der Waals surface area contributed by atoms with Gasteiger partial charge in [-0.1, -0.05) is 19.3 Å². The number of nitrogens with one attached hydrogen (secondary N) is 1. The molecule has 1 N–H and O–H groups in total. The predicted molar refractivity (Wildman–Crippen MR) is 72.2 cm³/mol. The molecule has 1 heterocycles. The van der Waals surface area contributed by atoms with Crippen molar-refractivity contribution in [3.8, 4) is 0 Å². The van der Waals surface area contributed by atoms with Gasteiger partial charge in [-0.3, -0.25) is 4.90 Å². The van der Waals surface area contributed by atoms with Crippen molar-refractivity contribution in [2.45, 2.75) is 76.4 Å². The summed E-state index contributed by atoms with van der Waals surface area (Å²) in [6.45, 7) is 7.23. The van der Waals surface area contributed by atoms with Gasteiger partial charge >= 0.3 is 0 Å². The summed E-state index contributed by atoms with van der Waals surface area (Å²) < 4.78 is 0. The molecule has 17 heavy (non-hydrogen) atoms. The summed E-state index contributed by atoms with van der Waals surface area (Å²) in [5.41, 5.74) is 0.322. The number of nitrogens with zero attached hydrogens (tertiary/aromatic N) is 1. The Morgan fingerprint density at radius 2 is 1.71 bits per heavy atom. The highest BCUT2D eigenvalue weighted by Crippen LogP contribution is 2.39. The fourth-order valence-corrected chi connectivity index (χ4v) is 3.86. The van der Waals surface area contributed by atoms with Gasteiger partial charge in [-0.25, -0.2) is 0 Å². The number of hydrogen-bond donors (Lipinski definition) is 1. The maximum Gasteiger partial charge on any atom is 0.0253 e. The third kappa shape index (κ3) is 2.68. The predicted octanol–water partition coefficient (Wildman–Crippen LogP) is 2.78. The highest BCUT2D eigenvalue weighted by molar-refractivity contribution is 5.00. The standard InChI is InChI=1S/C15H28N2/c1-15(2)11-17(13-6-4-3-5-7-13)14(10-16-15)12-8-9-12/h12-14,16H,3-11H2,1-2H3. The van der Waals surface area contributed by atoms with Gasteiger partial charge in [0.2, 0.25) is 0 Å². The van der Waals surface area contributed by atoms with E-state index in [2.05, 4.69) is 24.1 Å². The van der Waals surface area contributed by atoms with Crippen molar-refractivity contribution in [1.82, 2.24) is 10.2 Å². The molecule has 2 aliphatic carbocycles. The second kappa shape index (κ2) is 4.55. The minimum Gasteiger partial charge on any atom is -0.309 e. The lowest BCUT2D eigenvalue weighted by Gasteiger charge is -2.49. The fourth-order valence-electron chi connectivity index (χ4n) is 3.86. The fraction of sp³-hybridized carbons (Fsp3) is 1.00. The van der Waals surface area contributed by atoms with Gasteiger partial charge in [-0.15, -0.1) is 0 Å². The molecule has 0 bridgehead atoms. The van der Waals surface area contributed by atoms with Crippen LogP contribution in [0.15, 0.2) is 0 Å². The Hall–Kier alpha value is -0.0800. The summed E-state index contributed by atoms with van der Waals surface area (Å²) in [5, 5.41) is 3.76. The van der Waals surface area contributed by atoms with E-state index in [1.165, 1.54) is 58.0 Å². The van der Waals surface area contributed by atoms with Crippen LogP contribution in [0.4, 0.5) is 0 Å². The van der Waals surface area contributed by atoms with Crippen molar-refractivity contribution >= 4 is 0 Å². The topological polar surface area (TPSA) is 15.3 Å². The molecule has 2 heteroatoms. The first-order chi connectivity index (χ1) is 8.16. The molecule has 0 aromatic rings. The Kier molecular flexibility index (Phi) is 3.20. The van der Waals surface area contributed by atoms with Crippen LogP contribution in [-0.4, -0.2) is 35.6 Å². The zero-order chi connectivity index (χ0) is 11.9. The first-order valence-electron chi connectivity index (χ1n) is 7.66. The third-order valence-corrected chi connectivity index (χ3v) is 5.00. The lowest BCUT2D eigenvalue weighted by atomic mass is 9.88. The molecule has 2 saturated carbocycles. The minimum absolute atomic E-state index is 0.322. The maximum atomic E-state index is 3.76. The van der Waals surface area contributed by atoms with Crippen LogP contribution in [0, 0.1) is 5.92 Å². The third-order valence-electron chi connectivity index (χ3n) is 5.00. The van der Waals surface area contributed by atoms with Gasteiger partial charge < -0.3 is 5.32 Å². The summed E-state index contributed by atoms with van der Waals surface area (Å²) in [4.78, 5) is 2.90. The van der Waals surface area contributed by atoms with Crippen LogP contribution in [0.3, 0.4) is 0 Å².